The van der Waals surface area contributed by atoms with Crippen LogP contribution in [0.3, 0.4) is 0 Å². The molecule has 0 radical (unpaired) electrons. The van der Waals surface area contributed by atoms with E-state index < -0.39 is 60.6 Å². The average Bonchev–Trinajstić information content (AvgIpc) is 2.71. The minimum absolute atomic E-state index is 0.388. The predicted molar refractivity (Wildman–Crippen MR) is 106 cm³/mol. The molecule has 0 aliphatic carbocycles. The molecule has 174 valence electrons. The lowest BCUT2D eigenvalue weighted by Gasteiger charge is -2.46. The van der Waals surface area contributed by atoms with Crippen LogP contribution in [0.15, 0.2) is 30.3 Å². The number of rotatable bonds is 6. The molecule has 1 saturated heterocycles. The lowest BCUT2D eigenvalue weighted by molar-refractivity contribution is -0.262. The second-order valence-electron chi connectivity index (χ2n) is 6.74. The molecule has 2 amide bonds. The zero-order valence-electron chi connectivity index (χ0n) is 17.9. The predicted octanol–water partition coefficient (Wildman–Crippen LogP) is 0.503. The quantitative estimate of drug-likeness (QED) is 0.460. The van der Waals surface area contributed by atoms with Crippen molar-refractivity contribution in [3.05, 3.63) is 30.3 Å². The van der Waals surface area contributed by atoms with Gasteiger partial charge in [-0.2, -0.15) is 0 Å². The first-order valence-electron chi connectivity index (χ1n) is 9.47. The Balaban J connectivity index is 2.47. The molecule has 1 aromatic carbocycles. The van der Waals surface area contributed by atoms with Crippen LogP contribution < -0.4 is 10.6 Å². The fraction of sp³-hybridized carbons (Fsp3) is 0.450. The van der Waals surface area contributed by atoms with Crippen molar-refractivity contribution < 1.29 is 47.7 Å². The van der Waals surface area contributed by atoms with E-state index in [1.807, 2.05) is 0 Å². The Labute approximate surface area is 183 Å². The van der Waals surface area contributed by atoms with E-state index in [0.29, 0.717) is 5.69 Å². The summed E-state index contributed by atoms with van der Waals surface area (Å²) in [4.78, 5) is 60.6. The Bertz CT molecular complexity index is 874. The highest BCUT2D eigenvalue weighted by Gasteiger charge is 2.62. The number of para-hydroxylation sites is 1. The number of ether oxygens (including phenoxy) is 5. The topological polar surface area (TPSA) is 156 Å². The van der Waals surface area contributed by atoms with E-state index in [2.05, 4.69) is 10.6 Å². The molecule has 12 nitrogen and oxygen atoms in total. The van der Waals surface area contributed by atoms with Gasteiger partial charge in [0.05, 0.1) is 13.7 Å². The number of amides is 2. The number of carbonyl (C=O) groups is 5. The third kappa shape index (κ3) is 5.94. The van der Waals surface area contributed by atoms with Crippen molar-refractivity contribution in [3.8, 4) is 0 Å². The Morgan fingerprint density at radius 1 is 0.938 bits per heavy atom. The maximum atomic E-state index is 12.8. The number of nitrogens with one attached hydrogen (secondary N) is 2. The van der Waals surface area contributed by atoms with E-state index in [9.17, 15) is 24.0 Å². The maximum absolute atomic E-state index is 12.8. The van der Waals surface area contributed by atoms with E-state index in [1.165, 1.54) is 0 Å². The van der Waals surface area contributed by atoms with Crippen molar-refractivity contribution in [2.45, 2.75) is 44.8 Å². The Kier molecular flexibility index (Phi) is 8.13. The van der Waals surface area contributed by atoms with Crippen LogP contribution in [0.25, 0.3) is 0 Å². The first kappa shape index (κ1) is 24.6. The van der Waals surface area contributed by atoms with Gasteiger partial charge >= 0.3 is 29.9 Å². The first-order valence-corrected chi connectivity index (χ1v) is 9.47. The van der Waals surface area contributed by atoms with Crippen molar-refractivity contribution in [1.82, 2.24) is 5.32 Å². The summed E-state index contributed by atoms with van der Waals surface area (Å²) in [7, 11) is 1.02. The second-order valence-corrected chi connectivity index (χ2v) is 6.74. The molecule has 12 heteroatoms. The van der Waals surface area contributed by atoms with Gasteiger partial charge in [0, 0.05) is 26.5 Å². The minimum atomic E-state index is -2.42. The molecule has 1 aromatic rings. The van der Waals surface area contributed by atoms with Crippen LogP contribution >= 0.6 is 0 Å². The number of benzene rings is 1. The Hall–Kier alpha value is -3.67. The molecule has 2 N–H and O–H groups in total. The van der Waals surface area contributed by atoms with Gasteiger partial charge in [-0.1, -0.05) is 18.2 Å². The monoisotopic (exact) mass is 452 g/mol. The SMILES string of the molecule is COC(=O)[C@]1(NC(=O)Nc2ccccc2)OC[C@@H](OC(C)=O)[C@@H](OC(C)=O)[C@H]1OC(C)=O. The summed E-state index contributed by atoms with van der Waals surface area (Å²) in [5, 5.41) is 4.80. The number of hydrogen-bond acceptors (Lipinski definition) is 10. The number of carbonyl (C=O) groups excluding carboxylic acids is 5. The Morgan fingerprint density at radius 3 is 2.06 bits per heavy atom. The first-order chi connectivity index (χ1) is 15.1. The molecule has 0 spiro atoms. The summed E-state index contributed by atoms with van der Waals surface area (Å²) in [6.45, 7) is 2.72. The average molecular weight is 452 g/mol. The fourth-order valence-corrected chi connectivity index (χ4v) is 3.13. The van der Waals surface area contributed by atoms with E-state index in [0.717, 1.165) is 27.9 Å². The largest absolute Gasteiger partial charge is 0.465 e. The summed E-state index contributed by atoms with van der Waals surface area (Å²) in [5.74, 6) is -3.60. The van der Waals surface area contributed by atoms with Gasteiger partial charge in [0.2, 0.25) is 6.10 Å². The molecule has 1 aliphatic heterocycles. The van der Waals surface area contributed by atoms with Gasteiger partial charge in [0.1, 0.15) is 0 Å². The van der Waals surface area contributed by atoms with Crippen LogP contribution in [-0.4, -0.2) is 67.7 Å². The summed E-state index contributed by atoms with van der Waals surface area (Å²) >= 11 is 0. The summed E-state index contributed by atoms with van der Waals surface area (Å²) in [5.41, 5.74) is -2.03. The van der Waals surface area contributed by atoms with E-state index in [1.54, 1.807) is 30.3 Å². The van der Waals surface area contributed by atoms with E-state index in [4.69, 9.17) is 23.7 Å². The minimum Gasteiger partial charge on any atom is -0.465 e. The summed E-state index contributed by atoms with van der Waals surface area (Å²) < 4.78 is 25.9. The molecule has 32 heavy (non-hydrogen) atoms. The van der Waals surface area contributed by atoms with Crippen LogP contribution in [0.5, 0.6) is 0 Å². The van der Waals surface area contributed by atoms with Crippen molar-refractivity contribution in [2.24, 2.45) is 0 Å². The molecule has 0 saturated carbocycles. The summed E-state index contributed by atoms with van der Waals surface area (Å²) in [6, 6.07) is 7.35. The Morgan fingerprint density at radius 2 is 1.53 bits per heavy atom. The normalized spacial score (nSPS) is 24.4. The van der Waals surface area contributed by atoms with Gasteiger partial charge < -0.3 is 29.0 Å². The maximum Gasteiger partial charge on any atom is 0.363 e. The number of hydrogen-bond donors (Lipinski definition) is 2. The standard InChI is InChI=1S/C20H24N2O10/c1-11(23)30-15-10-29-20(18(26)28-4,17(32-13(3)25)16(15)31-12(2)24)22-19(27)21-14-8-6-5-7-9-14/h5-9,15-17H,10H2,1-4H3,(H2,21,22,27)/t15-,16-,17-,20-/m1/s1. The molecule has 2 rings (SSSR count). The highest BCUT2D eigenvalue weighted by Crippen LogP contribution is 2.32. The molecule has 1 fully saturated rings. The zero-order chi connectivity index (χ0) is 23.9. The molecule has 0 bridgehead atoms. The van der Waals surface area contributed by atoms with Crippen LogP contribution in [0.2, 0.25) is 0 Å². The smallest absolute Gasteiger partial charge is 0.363 e. The van der Waals surface area contributed by atoms with Crippen molar-refractivity contribution in [3.63, 3.8) is 0 Å². The van der Waals surface area contributed by atoms with Gasteiger partial charge in [-0.25, -0.2) is 9.59 Å². The van der Waals surface area contributed by atoms with Crippen LogP contribution in [0.1, 0.15) is 20.8 Å². The van der Waals surface area contributed by atoms with Crippen LogP contribution in [0.4, 0.5) is 10.5 Å². The van der Waals surface area contributed by atoms with Gasteiger partial charge in [-0.3, -0.25) is 19.7 Å². The lowest BCUT2D eigenvalue weighted by Crippen LogP contribution is -2.74. The molecule has 4 atom stereocenters. The van der Waals surface area contributed by atoms with Gasteiger partial charge in [0.25, 0.3) is 5.72 Å². The third-order valence-electron chi connectivity index (χ3n) is 4.27. The fourth-order valence-electron chi connectivity index (χ4n) is 3.13. The number of urea groups is 1. The van der Waals surface area contributed by atoms with E-state index >= 15 is 0 Å². The number of esters is 4. The van der Waals surface area contributed by atoms with Gasteiger partial charge in [-0.05, 0) is 12.1 Å². The van der Waals surface area contributed by atoms with Crippen molar-refractivity contribution in [1.29, 1.82) is 0 Å². The number of anilines is 1. The molecule has 1 aliphatic rings. The van der Waals surface area contributed by atoms with Gasteiger partial charge in [0.15, 0.2) is 12.2 Å². The molecule has 1 heterocycles. The molecule has 0 unspecified atom stereocenters. The van der Waals surface area contributed by atoms with E-state index in [-0.39, 0.29) is 0 Å². The number of methoxy groups -OCH3 is 1. The molecule has 0 aromatic heterocycles. The second kappa shape index (κ2) is 10.6. The van der Waals surface area contributed by atoms with Crippen molar-refractivity contribution >= 4 is 35.6 Å². The van der Waals surface area contributed by atoms with Crippen molar-refractivity contribution in [2.75, 3.05) is 19.0 Å². The highest BCUT2D eigenvalue weighted by molar-refractivity contribution is 5.94. The molecular weight excluding hydrogens is 428 g/mol. The van der Waals surface area contributed by atoms with Gasteiger partial charge in [-0.15, -0.1) is 0 Å². The van der Waals surface area contributed by atoms with Crippen LogP contribution in [0, 0.1) is 0 Å². The molecular formula is C20H24N2O10. The third-order valence-corrected chi connectivity index (χ3v) is 4.27. The van der Waals surface area contributed by atoms with Crippen LogP contribution in [-0.2, 0) is 42.9 Å². The lowest BCUT2D eigenvalue weighted by atomic mass is 9.93. The highest BCUT2D eigenvalue weighted by atomic mass is 16.7. The summed E-state index contributed by atoms with van der Waals surface area (Å²) in [6.07, 6.45) is -4.49. The zero-order valence-corrected chi connectivity index (χ0v) is 17.9.